The molecule has 0 unspecified atom stereocenters. The van der Waals surface area contributed by atoms with Crippen molar-refractivity contribution in [1.82, 2.24) is 19.6 Å². The van der Waals surface area contributed by atoms with E-state index in [1.165, 1.54) is 62.9 Å². The predicted molar refractivity (Wildman–Crippen MR) is 252 cm³/mol. The van der Waals surface area contributed by atoms with Crippen LogP contribution in [0.25, 0.3) is 11.0 Å². The number of carbonyl (C=O) groups is 1. The van der Waals surface area contributed by atoms with Crippen LogP contribution in [0.3, 0.4) is 0 Å². The van der Waals surface area contributed by atoms with Crippen molar-refractivity contribution in [2.45, 2.75) is 123 Å². The molecule has 6 aliphatic rings. The Balaban J connectivity index is 0.801. The van der Waals surface area contributed by atoms with Crippen molar-refractivity contribution in [2.75, 3.05) is 31.1 Å². The number of aromatic nitrogens is 2. The van der Waals surface area contributed by atoms with Crippen LogP contribution in [-0.4, -0.2) is 82.4 Å². The number of likely N-dealkylation sites (tertiary alicyclic amines) is 1. The number of hydrogen-bond donors (Lipinski definition) is 3. The van der Waals surface area contributed by atoms with Crippen molar-refractivity contribution < 1.29 is 32.7 Å². The van der Waals surface area contributed by atoms with E-state index in [0.717, 1.165) is 61.8 Å². The molecule has 5 heterocycles. The number of ether oxygens (including phenoxy) is 2. The van der Waals surface area contributed by atoms with Gasteiger partial charge in [-0.3, -0.25) is 19.8 Å². The number of amides is 1. The monoisotopic (exact) mass is 932 g/mol. The van der Waals surface area contributed by atoms with E-state index in [4.69, 9.17) is 9.47 Å². The highest BCUT2D eigenvalue weighted by Crippen LogP contribution is 2.55. The van der Waals surface area contributed by atoms with E-state index in [2.05, 4.69) is 48.8 Å². The van der Waals surface area contributed by atoms with Gasteiger partial charge in [-0.05, 0) is 143 Å². The van der Waals surface area contributed by atoms with E-state index in [0.29, 0.717) is 41.7 Å². The predicted octanol–water partition coefficient (Wildman–Crippen LogP) is 9.64. The normalized spacial score (nSPS) is 25.5. The smallest absolute Gasteiger partial charge is 0.288 e. The van der Waals surface area contributed by atoms with Gasteiger partial charge in [0.15, 0.2) is 0 Å². The summed E-state index contributed by atoms with van der Waals surface area (Å²) < 4.78 is 42.5. The number of carbonyl (C=O) groups excluding carboxylic acids is 1. The fourth-order valence-electron chi connectivity index (χ4n) is 11.6. The van der Waals surface area contributed by atoms with E-state index in [1.807, 2.05) is 19.1 Å². The molecular weight excluding hydrogens is 877 g/mol. The fourth-order valence-corrected chi connectivity index (χ4v) is 14.0. The number of piperidine rings is 1. The molecule has 16 heteroatoms. The number of pyridine rings is 1. The molecule has 14 nitrogen and oxygen atoms in total. The fraction of sp³-hybridized carbons (Fsp3) is 0.480. The van der Waals surface area contributed by atoms with Gasteiger partial charge in [0.25, 0.3) is 21.6 Å². The Bertz CT molecular complexity index is 2800. The van der Waals surface area contributed by atoms with Gasteiger partial charge >= 0.3 is 0 Å². The lowest BCUT2D eigenvalue weighted by atomic mass is 9.59. The Kier molecular flexibility index (Phi) is 11.1. The van der Waals surface area contributed by atoms with Gasteiger partial charge in [0.1, 0.15) is 34.4 Å². The molecule has 2 aromatic heterocycles. The maximum atomic E-state index is 14.1. The van der Waals surface area contributed by atoms with Crippen LogP contribution in [-0.2, 0) is 10.0 Å². The van der Waals surface area contributed by atoms with Gasteiger partial charge in [-0.2, -0.15) is 0 Å². The zero-order valence-corrected chi connectivity index (χ0v) is 38.7. The minimum atomic E-state index is -4.64. The molecule has 3 aliphatic heterocycles. The van der Waals surface area contributed by atoms with Gasteiger partial charge in [-0.15, -0.1) is 11.8 Å². The summed E-state index contributed by atoms with van der Waals surface area (Å²) in [4.78, 5) is 38.4. The maximum absolute atomic E-state index is 14.1. The molecule has 0 radical (unpaired) electrons. The van der Waals surface area contributed by atoms with Crippen molar-refractivity contribution in [1.29, 1.82) is 0 Å². The van der Waals surface area contributed by atoms with Crippen LogP contribution in [0.15, 0.2) is 88.9 Å². The number of nitro benzene ring substituents is 1. The summed E-state index contributed by atoms with van der Waals surface area (Å²) in [5.74, 6) is 0.576. The lowest BCUT2D eigenvalue weighted by Gasteiger charge is -2.56. The minimum absolute atomic E-state index is 0.0243. The van der Waals surface area contributed by atoms with Crippen molar-refractivity contribution in [3.8, 4) is 17.2 Å². The molecule has 5 fully saturated rings. The average Bonchev–Trinajstić information content (AvgIpc) is 3.84. The van der Waals surface area contributed by atoms with Gasteiger partial charge < -0.3 is 24.5 Å². The Labute approximate surface area is 389 Å². The summed E-state index contributed by atoms with van der Waals surface area (Å²) in [6.45, 7) is 4.92. The molecule has 3 saturated carbocycles. The SMILES string of the molecule is CC1(O)CCC([C@H]2COc3cc(S(=O)(=O)NC(=O)c4ccc(N5CCC6(CC5)CC(N5CCC[C@@H]5c5ccccc5C5CC5)C6)cc4Oc4cnc5[nH]ccc5c4)cc([N+](=O)[O-])c3S2)CC1. The first-order valence-corrected chi connectivity index (χ1v) is 25.9. The van der Waals surface area contributed by atoms with E-state index < -0.39 is 37.0 Å². The van der Waals surface area contributed by atoms with E-state index in [9.17, 15) is 28.4 Å². The lowest BCUT2D eigenvalue weighted by Crippen LogP contribution is -2.54. The highest BCUT2D eigenvalue weighted by molar-refractivity contribution is 8.00. The highest BCUT2D eigenvalue weighted by atomic mass is 32.2. The number of thioether (sulfide) groups is 1. The number of hydrogen-bond acceptors (Lipinski definition) is 12. The van der Waals surface area contributed by atoms with Crippen LogP contribution < -0.4 is 19.1 Å². The van der Waals surface area contributed by atoms with Crippen LogP contribution in [0.1, 0.15) is 117 Å². The number of anilines is 1. The van der Waals surface area contributed by atoms with Crippen molar-refractivity contribution in [3.63, 3.8) is 0 Å². The number of aliphatic hydroxyl groups is 1. The Hall–Kier alpha value is -5.16. The molecule has 346 valence electrons. The molecular formula is C50H56N6O8S2. The van der Waals surface area contributed by atoms with Crippen molar-refractivity contribution in [3.05, 3.63) is 106 Å². The van der Waals surface area contributed by atoms with Crippen LogP contribution in [0.5, 0.6) is 17.2 Å². The molecule has 3 aliphatic carbocycles. The second kappa shape index (κ2) is 16.9. The summed E-state index contributed by atoms with van der Waals surface area (Å²) in [7, 11) is -4.64. The molecule has 1 amide bonds. The second-order valence-corrected chi connectivity index (χ2v) is 22.9. The minimum Gasteiger partial charge on any atom is -0.491 e. The quantitative estimate of drug-likeness (QED) is 0.0845. The summed E-state index contributed by atoms with van der Waals surface area (Å²) in [5.41, 5.74) is 3.81. The molecule has 5 aromatic rings. The second-order valence-electron chi connectivity index (χ2n) is 20.0. The third-order valence-corrected chi connectivity index (χ3v) is 18.3. The number of fused-ring (bicyclic) bond motifs is 2. The van der Waals surface area contributed by atoms with Gasteiger partial charge in [0.2, 0.25) is 0 Å². The Morgan fingerprint density at radius 3 is 2.52 bits per heavy atom. The number of H-pyrrole nitrogens is 1. The van der Waals surface area contributed by atoms with E-state index in [-0.39, 0.29) is 39.7 Å². The van der Waals surface area contributed by atoms with Crippen LogP contribution in [0.2, 0.25) is 0 Å². The van der Waals surface area contributed by atoms with Crippen molar-refractivity contribution in [2.24, 2.45) is 11.3 Å². The number of nitro groups is 1. The lowest BCUT2D eigenvalue weighted by molar-refractivity contribution is -0.388. The molecule has 2 atom stereocenters. The maximum Gasteiger partial charge on any atom is 0.288 e. The molecule has 2 saturated heterocycles. The molecule has 66 heavy (non-hydrogen) atoms. The number of nitrogens with zero attached hydrogens (tertiary/aromatic N) is 4. The first-order chi connectivity index (χ1) is 31.8. The number of nitrogens with one attached hydrogen (secondary N) is 2. The first kappa shape index (κ1) is 43.4. The van der Waals surface area contributed by atoms with Crippen LogP contribution in [0.4, 0.5) is 11.4 Å². The highest BCUT2D eigenvalue weighted by Gasteiger charge is 2.50. The number of rotatable bonds is 11. The summed E-state index contributed by atoms with van der Waals surface area (Å²) in [6, 6.07) is 21.4. The number of benzene rings is 3. The van der Waals surface area contributed by atoms with E-state index >= 15 is 0 Å². The third kappa shape index (κ3) is 8.43. The standard InChI is InChI=1S/C50H56N6O8S2/c1-49(58)15-12-32(13-16-49)45-30-63-44-26-37(25-42(56(59)60)46(44)65-45)66(61,62)53-48(57)40-11-10-34(24-43(40)64-36-23-33-14-19-51-47(33)52-29-36)54-21-17-50(18-22-54)27-35(28-50)55-20-4-7-41(55)39-6-3-2-5-38(39)31-8-9-31/h2-3,5-6,10-11,14,19,23-26,29,31-32,35,41,45,58H,4,7-9,12-13,15-18,20-22,27-28,30H2,1H3,(H,51,52)(H,53,57)/t32?,41-,45-,49?/m1/s1. The topological polar surface area (TPSA) is 180 Å². The van der Waals surface area contributed by atoms with Crippen LogP contribution >= 0.6 is 11.8 Å². The Morgan fingerprint density at radius 1 is 0.985 bits per heavy atom. The summed E-state index contributed by atoms with van der Waals surface area (Å²) in [5, 5.41) is 23.6. The largest absolute Gasteiger partial charge is 0.491 e. The van der Waals surface area contributed by atoms with Gasteiger partial charge in [0, 0.05) is 65.9 Å². The third-order valence-electron chi connectivity index (χ3n) is 15.5. The average molecular weight is 933 g/mol. The van der Waals surface area contributed by atoms with Gasteiger partial charge in [-0.1, -0.05) is 24.3 Å². The van der Waals surface area contributed by atoms with Crippen molar-refractivity contribution >= 4 is 50.1 Å². The summed E-state index contributed by atoms with van der Waals surface area (Å²) in [6.07, 6.45) is 15.7. The zero-order valence-electron chi connectivity index (χ0n) is 37.1. The number of sulfonamides is 1. The number of aromatic amines is 1. The molecule has 3 N–H and O–H groups in total. The first-order valence-electron chi connectivity index (χ1n) is 23.6. The molecule has 1 spiro atoms. The summed E-state index contributed by atoms with van der Waals surface area (Å²) >= 11 is 1.32. The zero-order chi connectivity index (χ0) is 45.4. The molecule has 3 aromatic carbocycles. The Morgan fingerprint density at radius 2 is 1.76 bits per heavy atom. The molecule has 11 rings (SSSR count). The van der Waals surface area contributed by atoms with E-state index in [1.54, 1.807) is 41.7 Å². The molecule has 0 bridgehead atoms. The van der Waals surface area contributed by atoms with Crippen LogP contribution in [0, 0.1) is 21.4 Å². The van der Waals surface area contributed by atoms with Gasteiger partial charge in [-0.25, -0.2) is 18.1 Å². The van der Waals surface area contributed by atoms with Gasteiger partial charge in [0.05, 0.1) is 27.2 Å².